The molecule has 1 saturated heterocycles. The van der Waals surface area contributed by atoms with Gasteiger partial charge in [-0.2, -0.15) is 0 Å². The fraction of sp³-hybridized carbons (Fsp3) is 0.438. The van der Waals surface area contributed by atoms with Gasteiger partial charge in [0.15, 0.2) is 0 Å². The summed E-state index contributed by atoms with van der Waals surface area (Å²) in [6.07, 6.45) is 3.46. The van der Waals surface area contributed by atoms with Crippen molar-refractivity contribution < 1.29 is 9.18 Å². The zero-order valence-corrected chi connectivity index (χ0v) is 12.0. The van der Waals surface area contributed by atoms with Crippen LogP contribution in [0.5, 0.6) is 0 Å². The quantitative estimate of drug-likeness (QED) is 0.860. The summed E-state index contributed by atoms with van der Waals surface area (Å²) in [5, 5.41) is 3.28. The number of rotatable bonds is 3. The minimum atomic E-state index is -0.293. The second kappa shape index (κ2) is 6.66. The average molecular weight is 276 g/mol. The molecule has 1 N–H and O–H groups in total. The molecule has 1 aliphatic heterocycles. The number of nitrogens with zero attached hydrogens (tertiary/aromatic N) is 1. The highest BCUT2D eigenvalue weighted by Gasteiger charge is 2.20. The summed E-state index contributed by atoms with van der Waals surface area (Å²) in [6, 6.07) is 6.80. The standard InChI is InChI=1S/C16H21FN2O/c1-12(14-5-3-4-6-15(14)17)11-16(20)19(2)13-7-9-18-10-8-13/h3-6,11,13,18H,7-10H2,1-2H3. The second-order valence-corrected chi connectivity index (χ2v) is 5.24. The van der Waals surface area contributed by atoms with Crippen molar-refractivity contribution in [2.24, 2.45) is 0 Å². The van der Waals surface area contributed by atoms with Gasteiger partial charge in [0.1, 0.15) is 5.82 Å². The lowest BCUT2D eigenvalue weighted by atomic mass is 10.0. The van der Waals surface area contributed by atoms with E-state index in [1.165, 1.54) is 12.1 Å². The van der Waals surface area contributed by atoms with Crippen LogP contribution < -0.4 is 5.32 Å². The summed E-state index contributed by atoms with van der Waals surface area (Å²) in [5.41, 5.74) is 1.15. The predicted octanol–water partition coefficient (Wildman–Crippen LogP) is 2.44. The third-order valence-corrected chi connectivity index (χ3v) is 3.84. The first-order chi connectivity index (χ1) is 9.59. The van der Waals surface area contributed by atoms with Gasteiger partial charge in [-0.15, -0.1) is 0 Å². The maximum absolute atomic E-state index is 13.7. The van der Waals surface area contributed by atoms with E-state index in [2.05, 4.69) is 5.32 Å². The second-order valence-electron chi connectivity index (χ2n) is 5.24. The van der Waals surface area contributed by atoms with E-state index in [9.17, 15) is 9.18 Å². The van der Waals surface area contributed by atoms with Gasteiger partial charge in [-0.1, -0.05) is 18.2 Å². The molecule has 4 heteroatoms. The predicted molar refractivity (Wildman–Crippen MR) is 78.7 cm³/mol. The Labute approximate surface area is 119 Å². The van der Waals surface area contributed by atoms with E-state index < -0.39 is 0 Å². The average Bonchev–Trinajstić information content (AvgIpc) is 2.47. The van der Waals surface area contributed by atoms with Gasteiger partial charge in [-0.05, 0) is 44.5 Å². The molecule has 0 atom stereocenters. The normalized spacial score (nSPS) is 17.1. The molecular weight excluding hydrogens is 255 g/mol. The Morgan fingerprint density at radius 1 is 1.35 bits per heavy atom. The highest BCUT2D eigenvalue weighted by Crippen LogP contribution is 2.18. The molecule has 0 spiro atoms. The summed E-state index contributed by atoms with van der Waals surface area (Å²) in [4.78, 5) is 14.0. The van der Waals surface area contributed by atoms with E-state index in [0.29, 0.717) is 11.1 Å². The van der Waals surface area contributed by atoms with Gasteiger partial charge < -0.3 is 10.2 Å². The van der Waals surface area contributed by atoms with Crippen molar-refractivity contribution in [2.45, 2.75) is 25.8 Å². The smallest absolute Gasteiger partial charge is 0.246 e. The van der Waals surface area contributed by atoms with Gasteiger partial charge in [0, 0.05) is 24.7 Å². The molecule has 1 fully saturated rings. The van der Waals surface area contributed by atoms with Crippen molar-refractivity contribution in [3.05, 3.63) is 41.7 Å². The number of piperidine rings is 1. The summed E-state index contributed by atoms with van der Waals surface area (Å²) in [5.74, 6) is -0.351. The lowest BCUT2D eigenvalue weighted by molar-refractivity contribution is -0.127. The fourth-order valence-corrected chi connectivity index (χ4v) is 2.52. The van der Waals surface area contributed by atoms with Gasteiger partial charge in [-0.25, -0.2) is 4.39 Å². The minimum absolute atomic E-state index is 0.0577. The number of nitrogens with one attached hydrogen (secondary N) is 1. The first-order valence-electron chi connectivity index (χ1n) is 7.00. The third-order valence-electron chi connectivity index (χ3n) is 3.84. The van der Waals surface area contributed by atoms with Gasteiger partial charge in [0.05, 0.1) is 0 Å². The number of hydrogen-bond donors (Lipinski definition) is 1. The maximum Gasteiger partial charge on any atom is 0.246 e. The molecule has 1 aromatic rings. The zero-order valence-electron chi connectivity index (χ0n) is 12.0. The minimum Gasteiger partial charge on any atom is -0.339 e. The van der Waals surface area contributed by atoms with Crippen LogP contribution in [0, 0.1) is 5.82 Å². The van der Waals surface area contributed by atoms with Crippen molar-refractivity contribution in [1.82, 2.24) is 10.2 Å². The van der Waals surface area contributed by atoms with Crippen LogP contribution in [0.4, 0.5) is 4.39 Å². The molecule has 108 valence electrons. The van der Waals surface area contributed by atoms with Crippen LogP contribution in [0.25, 0.3) is 5.57 Å². The molecule has 20 heavy (non-hydrogen) atoms. The highest BCUT2D eigenvalue weighted by molar-refractivity contribution is 5.94. The van der Waals surface area contributed by atoms with Crippen molar-refractivity contribution in [3.8, 4) is 0 Å². The lowest BCUT2D eigenvalue weighted by Crippen LogP contribution is -2.43. The van der Waals surface area contributed by atoms with Gasteiger partial charge >= 0.3 is 0 Å². The molecule has 0 bridgehead atoms. The van der Waals surface area contributed by atoms with Crippen LogP contribution in [-0.2, 0) is 4.79 Å². The third kappa shape index (κ3) is 3.45. The van der Waals surface area contributed by atoms with Crippen molar-refractivity contribution in [3.63, 3.8) is 0 Å². The Hall–Kier alpha value is -1.68. The van der Waals surface area contributed by atoms with Gasteiger partial charge in [0.25, 0.3) is 0 Å². The Kier molecular flexibility index (Phi) is 4.90. The number of carbonyl (C=O) groups is 1. The first-order valence-corrected chi connectivity index (χ1v) is 7.00. The Morgan fingerprint density at radius 3 is 2.65 bits per heavy atom. The Morgan fingerprint density at radius 2 is 2.00 bits per heavy atom. The van der Waals surface area contributed by atoms with Crippen LogP contribution in [0.2, 0.25) is 0 Å². The topological polar surface area (TPSA) is 32.3 Å². The fourth-order valence-electron chi connectivity index (χ4n) is 2.52. The van der Waals surface area contributed by atoms with E-state index in [4.69, 9.17) is 0 Å². The van der Waals surface area contributed by atoms with E-state index in [1.807, 2.05) is 7.05 Å². The van der Waals surface area contributed by atoms with E-state index in [0.717, 1.165) is 25.9 Å². The van der Waals surface area contributed by atoms with Crippen LogP contribution in [0.1, 0.15) is 25.3 Å². The van der Waals surface area contributed by atoms with Crippen LogP contribution in [-0.4, -0.2) is 37.0 Å². The number of benzene rings is 1. The summed E-state index contributed by atoms with van der Waals surface area (Å²) < 4.78 is 13.7. The van der Waals surface area contributed by atoms with E-state index in [-0.39, 0.29) is 17.8 Å². The largest absolute Gasteiger partial charge is 0.339 e. The molecule has 0 aliphatic carbocycles. The Bertz CT molecular complexity index is 507. The molecule has 0 radical (unpaired) electrons. The Balaban J connectivity index is 2.09. The molecule has 0 saturated carbocycles. The number of carbonyl (C=O) groups excluding carboxylic acids is 1. The van der Waals surface area contributed by atoms with Crippen molar-refractivity contribution in [2.75, 3.05) is 20.1 Å². The number of allylic oxidation sites excluding steroid dienone is 1. The molecule has 1 aromatic carbocycles. The number of likely N-dealkylation sites (N-methyl/N-ethyl adjacent to an activating group) is 1. The molecule has 1 heterocycles. The molecule has 1 amide bonds. The summed E-state index contributed by atoms with van der Waals surface area (Å²) in [7, 11) is 1.82. The molecule has 0 aromatic heterocycles. The first kappa shape index (κ1) is 14.7. The molecule has 2 rings (SSSR count). The number of halogens is 1. The monoisotopic (exact) mass is 276 g/mol. The maximum atomic E-state index is 13.7. The van der Waals surface area contributed by atoms with Crippen molar-refractivity contribution >= 4 is 11.5 Å². The van der Waals surface area contributed by atoms with Gasteiger partial charge in [0.2, 0.25) is 5.91 Å². The van der Waals surface area contributed by atoms with Crippen LogP contribution in [0.15, 0.2) is 30.3 Å². The lowest BCUT2D eigenvalue weighted by Gasteiger charge is -2.31. The van der Waals surface area contributed by atoms with Crippen LogP contribution >= 0.6 is 0 Å². The SMILES string of the molecule is CC(=CC(=O)N(C)C1CCNCC1)c1ccccc1F. The molecule has 0 unspecified atom stereocenters. The molecular formula is C16H21FN2O. The van der Waals surface area contributed by atoms with Crippen molar-refractivity contribution in [1.29, 1.82) is 0 Å². The van der Waals surface area contributed by atoms with E-state index >= 15 is 0 Å². The van der Waals surface area contributed by atoms with Crippen LogP contribution in [0.3, 0.4) is 0 Å². The number of amides is 1. The highest BCUT2D eigenvalue weighted by atomic mass is 19.1. The molecule has 1 aliphatic rings. The number of hydrogen-bond acceptors (Lipinski definition) is 2. The zero-order chi connectivity index (χ0) is 14.5. The van der Waals surface area contributed by atoms with Gasteiger partial charge in [-0.3, -0.25) is 4.79 Å². The summed E-state index contributed by atoms with van der Waals surface area (Å²) >= 11 is 0. The summed E-state index contributed by atoms with van der Waals surface area (Å²) in [6.45, 7) is 3.66. The molecule has 3 nitrogen and oxygen atoms in total. The van der Waals surface area contributed by atoms with E-state index in [1.54, 1.807) is 30.0 Å².